The first-order valence-electron chi connectivity index (χ1n) is 11.6. The van der Waals surface area contributed by atoms with Crippen LogP contribution in [0.4, 0.5) is 10.5 Å². The maximum atomic E-state index is 10.9. The van der Waals surface area contributed by atoms with Crippen LogP contribution in [0.5, 0.6) is 11.5 Å². The van der Waals surface area contributed by atoms with Crippen molar-refractivity contribution >= 4 is 23.4 Å². The quantitative estimate of drug-likeness (QED) is 0.433. The van der Waals surface area contributed by atoms with E-state index >= 15 is 0 Å². The SMILES string of the molecule is C1=CCCC1.Cc1ccc(NC(=O)O)c(OCC(O)CN2CCC(Oc3ccc(Cl)cc3)C2)c1. The first-order chi connectivity index (χ1) is 16.4. The van der Waals surface area contributed by atoms with Crippen molar-refractivity contribution in [3.63, 3.8) is 0 Å². The molecular formula is C26H33ClN2O5. The zero-order chi connectivity index (χ0) is 24.3. The van der Waals surface area contributed by atoms with Crippen molar-refractivity contribution in [3.05, 3.63) is 65.2 Å². The van der Waals surface area contributed by atoms with Gasteiger partial charge in [0.05, 0.1) is 5.69 Å². The van der Waals surface area contributed by atoms with Crippen LogP contribution in [0.3, 0.4) is 0 Å². The fourth-order valence-corrected chi connectivity index (χ4v) is 3.98. The number of hydrogen-bond donors (Lipinski definition) is 3. The number of carbonyl (C=O) groups is 1. The Balaban J connectivity index is 0.000000574. The smallest absolute Gasteiger partial charge is 0.409 e. The predicted molar refractivity (Wildman–Crippen MR) is 134 cm³/mol. The highest BCUT2D eigenvalue weighted by molar-refractivity contribution is 6.30. The summed E-state index contributed by atoms with van der Waals surface area (Å²) < 4.78 is 11.6. The molecule has 2 aromatic rings. The van der Waals surface area contributed by atoms with Crippen LogP contribution < -0.4 is 14.8 Å². The number of benzene rings is 2. The Morgan fingerprint density at radius 3 is 2.59 bits per heavy atom. The number of allylic oxidation sites excluding steroid dienone is 2. The number of aliphatic hydroxyl groups is 1. The monoisotopic (exact) mass is 488 g/mol. The molecular weight excluding hydrogens is 456 g/mol. The number of rotatable bonds is 8. The fourth-order valence-electron chi connectivity index (χ4n) is 3.86. The minimum absolute atomic E-state index is 0.0624. The van der Waals surface area contributed by atoms with Crippen LogP contribution in [0.15, 0.2) is 54.6 Å². The molecule has 1 amide bonds. The van der Waals surface area contributed by atoms with E-state index in [1.165, 1.54) is 19.3 Å². The number of carboxylic acid groups (broad SMARTS) is 1. The number of hydrogen-bond acceptors (Lipinski definition) is 5. The van der Waals surface area contributed by atoms with Crippen molar-refractivity contribution in [2.24, 2.45) is 0 Å². The molecule has 2 aromatic carbocycles. The molecule has 1 aliphatic carbocycles. The molecule has 184 valence electrons. The van der Waals surface area contributed by atoms with Gasteiger partial charge < -0.3 is 19.7 Å². The second-order valence-corrected chi connectivity index (χ2v) is 8.98. The molecule has 0 aromatic heterocycles. The average molecular weight is 489 g/mol. The van der Waals surface area contributed by atoms with Gasteiger partial charge in [0.2, 0.25) is 0 Å². The third-order valence-corrected chi connectivity index (χ3v) is 5.78. The predicted octanol–water partition coefficient (Wildman–Crippen LogP) is 5.36. The van der Waals surface area contributed by atoms with Crippen LogP contribution in [0.1, 0.15) is 31.2 Å². The summed E-state index contributed by atoms with van der Waals surface area (Å²) in [5.41, 5.74) is 1.29. The molecule has 0 bridgehead atoms. The average Bonchev–Trinajstić information content (AvgIpc) is 3.51. The van der Waals surface area contributed by atoms with Gasteiger partial charge in [-0.2, -0.15) is 0 Å². The number of aliphatic hydroxyl groups excluding tert-OH is 1. The molecule has 1 heterocycles. The van der Waals surface area contributed by atoms with E-state index in [4.69, 9.17) is 26.2 Å². The van der Waals surface area contributed by atoms with Crippen LogP contribution in [-0.4, -0.2) is 59.7 Å². The summed E-state index contributed by atoms with van der Waals surface area (Å²) in [6.45, 7) is 3.95. The summed E-state index contributed by atoms with van der Waals surface area (Å²) in [4.78, 5) is 13.0. The lowest BCUT2D eigenvalue weighted by molar-refractivity contribution is 0.0722. The van der Waals surface area contributed by atoms with Gasteiger partial charge >= 0.3 is 6.09 Å². The molecule has 1 saturated heterocycles. The summed E-state index contributed by atoms with van der Waals surface area (Å²) >= 11 is 5.89. The summed E-state index contributed by atoms with van der Waals surface area (Å²) in [6, 6.07) is 12.5. The number of likely N-dealkylation sites (tertiary alicyclic amines) is 1. The Morgan fingerprint density at radius 2 is 1.94 bits per heavy atom. The number of amides is 1. The first kappa shape index (κ1) is 25.9. The van der Waals surface area contributed by atoms with E-state index in [1.807, 2.05) is 19.1 Å². The van der Waals surface area contributed by atoms with Gasteiger partial charge in [0.25, 0.3) is 0 Å². The molecule has 2 unspecified atom stereocenters. The lowest BCUT2D eigenvalue weighted by Gasteiger charge is -2.21. The molecule has 4 rings (SSSR count). The van der Waals surface area contributed by atoms with Gasteiger partial charge in [-0.1, -0.05) is 29.8 Å². The van der Waals surface area contributed by atoms with Gasteiger partial charge in [-0.25, -0.2) is 4.79 Å². The van der Waals surface area contributed by atoms with Crippen LogP contribution in [0.25, 0.3) is 0 Å². The Morgan fingerprint density at radius 1 is 1.21 bits per heavy atom. The molecule has 2 aliphatic rings. The third kappa shape index (κ3) is 8.89. The second kappa shape index (κ2) is 13.2. The van der Waals surface area contributed by atoms with Gasteiger partial charge in [0.15, 0.2) is 0 Å². The largest absolute Gasteiger partial charge is 0.489 e. The molecule has 0 spiro atoms. The van der Waals surface area contributed by atoms with E-state index in [-0.39, 0.29) is 12.7 Å². The van der Waals surface area contributed by atoms with E-state index in [1.54, 1.807) is 30.3 Å². The van der Waals surface area contributed by atoms with Crippen LogP contribution in [0.2, 0.25) is 5.02 Å². The molecule has 2 atom stereocenters. The molecule has 8 heteroatoms. The van der Waals surface area contributed by atoms with Gasteiger partial charge in [0.1, 0.15) is 30.3 Å². The zero-order valence-corrected chi connectivity index (χ0v) is 20.2. The Kier molecular flexibility index (Phi) is 10.1. The van der Waals surface area contributed by atoms with E-state index in [9.17, 15) is 9.90 Å². The number of halogens is 1. The van der Waals surface area contributed by atoms with Crippen molar-refractivity contribution in [2.45, 2.75) is 44.8 Å². The maximum Gasteiger partial charge on any atom is 0.409 e. The lowest BCUT2D eigenvalue weighted by atomic mass is 10.2. The summed E-state index contributed by atoms with van der Waals surface area (Å²) in [7, 11) is 0. The Labute approximate surface area is 205 Å². The minimum atomic E-state index is -1.16. The maximum absolute atomic E-state index is 10.9. The normalized spacial score (nSPS) is 18.1. The molecule has 34 heavy (non-hydrogen) atoms. The highest BCUT2D eigenvalue weighted by Gasteiger charge is 2.26. The molecule has 0 saturated carbocycles. The molecule has 0 radical (unpaired) electrons. The molecule has 1 fully saturated rings. The topological polar surface area (TPSA) is 91.3 Å². The van der Waals surface area contributed by atoms with Gasteiger partial charge in [0, 0.05) is 24.7 Å². The van der Waals surface area contributed by atoms with Crippen molar-refractivity contribution in [1.29, 1.82) is 0 Å². The number of nitrogens with one attached hydrogen (secondary N) is 1. The Bertz CT molecular complexity index is 945. The number of anilines is 1. The van der Waals surface area contributed by atoms with E-state index in [0.29, 0.717) is 23.0 Å². The van der Waals surface area contributed by atoms with Gasteiger partial charge in [-0.15, -0.1) is 0 Å². The zero-order valence-electron chi connectivity index (χ0n) is 19.5. The summed E-state index contributed by atoms with van der Waals surface area (Å²) in [5, 5.41) is 22.3. The minimum Gasteiger partial charge on any atom is -0.489 e. The van der Waals surface area contributed by atoms with Crippen molar-refractivity contribution in [1.82, 2.24) is 4.90 Å². The Hall–Kier alpha value is -2.74. The van der Waals surface area contributed by atoms with Crippen molar-refractivity contribution < 1.29 is 24.5 Å². The number of ether oxygens (including phenoxy) is 2. The number of aryl methyl sites for hydroxylation is 1. The van der Waals surface area contributed by atoms with E-state index in [2.05, 4.69) is 22.4 Å². The van der Waals surface area contributed by atoms with Crippen molar-refractivity contribution in [2.75, 3.05) is 31.6 Å². The second-order valence-electron chi connectivity index (χ2n) is 8.54. The van der Waals surface area contributed by atoms with Crippen molar-refractivity contribution in [3.8, 4) is 11.5 Å². The highest BCUT2D eigenvalue weighted by Crippen LogP contribution is 2.26. The third-order valence-electron chi connectivity index (χ3n) is 5.53. The molecule has 1 aliphatic heterocycles. The van der Waals surface area contributed by atoms with Gasteiger partial charge in [-0.3, -0.25) is 10.2 Å². The molecule has 3 N–H and O–H groups in total. The highest BCUT2D eigenvalue weighted by atomic mass is 35.5. The fraction of sp³-hybridized carbons (Fsp3) is 0.423. The first-order valence-corrected chi connectivity index (χ1v) is 12.0. The number of nitrogens with zero attached hydrogens (tertiary/aromatic N) is 1. The van der Waals surface area contributed by atoms with Crippen LogP contribution >= 0.6 is 11.6 Å². The summed E-state index contributed by atoms with van der Waals surface area (Å²) in [6.07, 6.45) is 7.57. The molecule has 7 nitrogen and oxygen atoms in total. The standard InChI is InChI=1S/C21H25ClN2O5.C5H8/c1-14-2-7-19(23-21(26)27)20(10-14)28-13-16(25)11-24-9-8-18(12-24)29-17-5-3-15(22)4-6-17;1-2-4-5-3-1/h2-7,10,16,18,23,25H,8-9,11-13H2,1H3,(H,26,27);1-2H,3-5H2. The van der Waals surface area contributed by atoms with E-state index < -0.39 is 12.2 Å². The van der Waals surface area contributed by atoms with E-state index in [0.717, 1.165) is 30.8 Å². The lowest BCUT2D eigenvalue weighted by Crippen LogP contribution is -2.35. The number of β-amino-alcohol motifs (C(OH)–C–C–N with tert-alkyl or cyclic N) is 1. The summed E-state index contributed by atoms with van der Waals surface area (Å²) in [5.74, 6) is 1.18. The van der Waals surface area contributed by atoms with Crippen LogP contribution in [-0.2, 0) is 0 Å². The van der Waals surface area contributed by atoms with Gasteiger partial charge in [-0.05, 0) is 74.6 Å². The van der Waals surface area contributed by atoms with Crippen LogP contribution in [0, 0.1) is 6.92 Å².